The van der Waals surface area contributed by atoms with E-state index in [0.29, 0.717) is 17.3 Å². The lowest BCUT2D eigenvalue weighted by molar-refractivity contribution is -0.144. The fourth-order valence-electron chi connectivity index (χ4n) is 3.80. The van der Waals surface area contributed by atoms with E-state index in [9.17, 15) is 25.2 Å². The lowest BCUT2D eigenvalue weighted by atomic mass is 9.84. The number of rotatable bonds is 7. The van der Waals surface area contributed by atoms with Gasteiger partial charge in [0.25, 0.3) is 5.91 Å². The topological polar surface area (TPSA) is 133 Å². The Labute approximate surface area is 195 Å². The summed E-state index contributed by atoms with van der Waals surface area (Å²) in [5.41, 5.74) is 2.86. The number of aliphatic hydroxyl groups excluding tert-OH is 5. The summed E-state index contributed by atoms with van der Waals surface area (Å²) < 4.78 is 0. The summed E-state index contributed by atoms with van der Waals surface area (Å²) in [6, 6.07) is 12.6. The molecule has 6 atom stereocenters. The number of halogens is 2. The quantitative estimate of drug-likeness (QED) is 0.253. The van der Waals surface area contributed by atoms with Crippen molar-refractivity contribution < 1.29 is 30.3 Å². The smallest absolute Gasteiger partial charge is 0.256 e. The van der Waals surface area contributed by atoms with Crippen LogP contribution in [-0.2, 0) is 11.3 Å². The van der Waals surface area contributed by atoms with Crippen molar-refractivity contribution in [1.82, 2.24) is 4.90 Å². The van der Waals surface area contributed by atoms with Crippen molar-refractivity contribution in [1.29, 1.82) is 0 Å². The first-order chi connectivity index (χ1) is 15.1. The average molecular weight is 485 g/mol. The van der Waals surface area contributed by atoms with E-state index in [1.54, 1.807) is 18.2 Å². The Balaban J connectivity index is 1.83. The minimum absolute atomic E-state index is 0.238. The molecule has 3 rings (SSSR count). The van der Waals surface area contributed by atoms with Crippen LogP contribution in [0.5, 0.6) is 0 Å². The zero-order chi connectivity index (χ0) is 23.6. The van der Waals surface area contributed by atoms with Gasteiger partial charge in [0.1, 0.15) is 18.3 Å². The molecule has 2 aromatic rings. The summed E-state index contributed by atoms with van der Waals surface area (Å²) in [4.78, 5) is 14.4. The molecule has 1 heterocycles. The van der Waals surface area contributed by atoms with Gasteiger partial charge < -0.3 is 30.8 Å². The third kappa shape index (κ3) is 5.24. The summed E-state index contributed by atoms with van der Waals surface area (Å²) >= 11 is 12.9. The Hall–Kier alpha value is -1.75. The van der Waals surface area contributed by atoms with Crippen LogP contribution >= 0.6 is 23.2 Å². The molecule has 0 saturated carbocycles. The van der Waals surface area contributed by atoms with Crippen LogP contribution in [0.4, 0.5) is 5.69 Å². The fourth-order valence-corrected chi connectivity index (χ4v) is 4.33. The highest BCUT2D eigenvalue weighted by molar-refractivity contribution is 6.30. The van der Waals surface area contributed by atoms with Gasteiger partial charge in [-0.1, -0.05) is 29.8 Å². The SMILES string of the molecule is CN1Cc2ccc(Cl)cc2C(c2cccc(NC(=O)[C@H](O)[C@@H](O)[C@H](O)[C@H](O)CO)c2)C1Cl. The van der Waals surface area contributed by atoms with Crippen LogP contribution in [0.2, 0.25) is 5.02 Å². The van der Waals surface area contributed by atoms with Crippen LogP contribution in [0.3, 0.4) is 0 Å². The highest BCUT2D eigenvalue weighted by Crippen LogP contribution is 2.40. The molecular weight excluding hydrogens is 459 g/mol. The minimum Gasteiger partial charge on any atom is -0.394 e. The summed E-state index contributed by atoms with van der Waals surface area (Å²) in [5.74, 6) is -1.22. The van der Waals surface area contributed by atoms with Gasteiger partial charge in [0.05, 0.1) is 12.1 Å². The fraction of sp³-hybridized carbons (Fsp3) is 0.409. The Morgan fingerprint density at radius 2 is 1.88 bits per heavy atom. The van der Waals surface area contributed by atoms with Crippen molar-refractivity contribution in [2.45, 2.75) is 42.4 Å². The second kappa shape index (κ2) is 10.5. The summed E-state index contributed by atoms with van der Waals surface area (Å²) in [7, 11) is 1.91. The van der Waals surface area contributed by atoms with Gasteiger partial charge in [0.2, 0.25) is 0 Å². The van der Waals surface area contributed by atoms with Crippen LogP contribution in [-0.4, -0.2) is 79.9 Å². The lowest BCUT2D eigenvalue weighted by Crippen LogP contribution is -2.50. The molecule has 0 spiro atoms. The summed E-state index contributed by atoms with van der Waals surface area (Å²) in [5, 5.41) is 51.1. The van der Waals surface area contributed by atoms with Crippen molar-refractivity contribution in [3.05, 3.63) is 64.2 Å². The number of hydrogen-bond donors (Lipinski definition) is 6. The van der Waals surface area contributed by atoms with Crippen molar-refractivity contribution in [2.24, 2.45) is 0 Å². The molecule has 0 aliphatic carbocycles. The van der Waals surface area contributed by atoms with Crippen LogP contribution < -0.4 is 5.32 Å². The van der Waals surface area contributed by atoms with E-state index >= 15 is 0 Å². The maximum absolute atomic E-state index is 12.4. The molecule has 2 unspecified atom stereocenters. The third-order valence-electron chi connectivity index (χ3n) is 5.60. The van der Waals surface area contributed by atoms with Crippen molar-refractivity contribution in [2.75, 3.05) is 19.0 Å². The number of anilines is 1. The van der Waals surface area contributed by atoms with E-state index in [2.05, 4.69) is 5.32 Å². The number of aliphatic hydroxyl groups is 5. The number of hydrogen-bond acceptors (Lipinski definition) is 7. The van der Waals surface area contributed by atoms with Crippen LogP contribution in [0.15, 0.2) is 42.5 Å². The predicted octanol–water partition coefficient (Wildman–Crippen LogP) is 0.857. The molecule has 8 nitrogen and oxygen atoms in total. The first kappa shape index (κ1) is 24.9. The third-order valence-corrected chi connectivity index (χ3v) is 6.42. The number of amides is 1. The highest BCUT2D eigenvalue weighted by Gasteiger charge is 2.35. The molecule has 1 amide bonds. The normalized spacial score (nSPS) is 22.5. The maximum atomic E-state index is 12.4. The van der Waals surface area contributed by atoms with Gasteiger partial charge in [-0.05, 0) is 48.0 Å². The molecule has 0 saturated heterocycles. The molecule has 0 fully saturated rings. The first-order valence-corrected chi connectivity index (χ1v) is 10.8. The molecule has 1 aliphatic heterocycles. The number of nitrogens with one attached hydrogen (secondary N) is 1. The van der Waals surface area contributed by atoms with E-state index < -0.39 is 36.9 Å². The molecule has 0 aromatic heterocycles. The lowest BCUT2D eigenvalue weighted by Gasteiger charge is -2.37. The van der Waals surface area contributed by atoms with Crippen LogP contribution in [0.1, 0.15) is 22.6 Å². The zero-order valence-corrected chi connectivity index (χ0v) is 18.8. The summed E-state index contributed by atoms with van der Waals surface area (Å²) in [6.45, 7) is -0.171. The molecule has 2 aromatic carbocycles. The molecular formula is C22H26Cl2N2O6. The second-order valence-electron chi connectivity index (χ2n) is 7.90. The number of likely N-dealkylation sites (N-methyl/N-ethyl adjacent to an activating group) is 1. The summed E-state index contributed by atoms with van der Waals surface area (Å²) in [6.07, 6.45) is -7.63. The molecule has 32 heavy (non-hydrogen) atoms. The van der Waals surface area contributed by atoms with Gasteiger partial charge in [0, 0.05) is 23.2 Å². The van der Waals surface area contributed by atoms with Crippen LogP contribution in [0, 0.1) is 0 Å². The van der Waals surface area contributed by atoms with Crippen LogP contribution in [0.25, 0.3) is 0 Å². The standard InChI is InChI=1S/C22H26Cl2N2O6/c1-26-9-12-5-6-13(23)8-15(12)17(21(26)24)11-3-2-4-14(7-11)25-22(32)20(31)19(30)18(29)16(28)10-27/h2-8,16-21,27-31H,9-10H2,1H3,(H,25,32)/t16-,17?,18-,19+,20-,21?/m1/s1. The molecule has 0 bridgehead atoms. The van der Waals surface area contributed by atoms with E-state index in [1.165, 1.54) is 0 Å². The number of carbonyl (C=O) groups excluding carboxylic acids is 1. The number of carbonyl (C=O) groups is 1. The Bertz CT molecular complexity index is 962. The van der Waals surface area contributed by atoms with E-state index in [0.717, 1.165) is 16.7 Å². The average Bonchev–Trinajstić information content (AvgIpc) is 2.78. The van der Waals surface area contributed by atoms with E-state index in [-0.39, 0.29) is 11.4 Å². The number of alkyl halides is 1. The Morgan fingerprint density at radius 3 is 2.56 bits per heavy atom. The van der Waals surface area contributed by atoms with Gasteiger partial charge >= 0.3 is 0 Å². The van der Waals surface area contributed by atoms with Gasteiger partial charge in [-0.25, -0.2) is 0 Å². The molecule has 0 radical (unpaired) electrons. The van der Waals surface area contributed by atoms with Crippen molar-refractivity contribution >= 4 is 34.8 Å². The number of benzene rings is 2. The number of nitrogens with zero attached hydrogens (tertiary/aromatic N) is 1. The number of fused-ring (bicyclic) bond motifs is 1. The highest BCUT2D eigenvalue weighted by atomic mass is 35.5. The van der Waals surface area contributed by atoms with Gasteiger partial charge in [-0.15, -0.1) is 11.6 Å². The Morgan fingerprint density at radius 1 is 1.16 bits per heavy atom. The second-order valence-corrected chi connectivity index (χ2v) is 8.78. The molecule has 174 valence electrons. The van der Waals surface area contributed by atoms with Crippen molar-refractivity contribution in [3.63, 3.8) is 0 Å². The van der Waals surface area contributed by atoms with E-state index in [4.69, 9.17) is 28.3 Å². The minimum atomic E-state index is -2.03. The zero-order valence-electron chi connectivity index (χ0n) is 17.3. The molecule has 6 N–H and O–H groups in total. The van der Waals surface area contributed by atoms with Gasteiger partial charge in [-0.2, -0.15) is 0 Å². The predicted molar refractivity (Wildman–Crippen MR) is 121 cm³/mol. The Kier molecular flexibility index (Phi) is 8.13. The van der Waals surface area contributed by atoms with E-state index in [1.807, 2.05) is 36.2 Å². The maximum Gasteiger partial charge on any atom is 0.256 e. The molecule has 10 heteroatoms. The van der Waals surface area contributed by atoms with Crippen molar-refractivity contribution in [3.8, 4) is 0 Å². The van der Waals surface area contributed by atoms with Gasteiger partial charge in [-0.3, -0.25) is 9.69 Å². The first-order valence-electron chi connectivity index (χ1n) is 10.0. The van der Waals surface area contributed by atoms with Gasteiger partial charge in [0.15, 0.2) is 6.10 Å². The monoisotopic (exact) mass is 484 g/mol. The molecule has 1 aliphatic rings. The largest absolute Gasteiger partial charge is 0.394 e.